The van der Waals surface area contributed by atoms with Gasteiger partial charge in [-0.25, -0.2) is 0 Å². The van der Waals surface area contributed by atoms with Crippen molar-refractivity contribution in [2.24, 2.45) is 15.8 Å². The van der Waals surface area contributed by atoms with Crippen molar-refractivity contribution in [2.45, 2.75) is 27.7 Å². The number of rotatable bonds is 1. The van der Waals surface area contributed by atoms with Crippen LogP contribution in [0.3, 0.4) is 0 Å². The van der Waals surface area contributed by atoms with Crippen LogP contribution in [0.15, 0.2) is 17.1 Å². The van der Waals surface area contributed by atoms with Crippen molar-refractivity contribution in [2.75, 3.05) is 0 Å². The van der Waals surface area contributed by atoms with Crippen LogP contribution in [0.2, 0.25) is 0 Å². The molecule has 80 valence electrons. The Balaban J connectivity index is 0.00000128. The first-order valence-corrected chi connectivity index (χ1v) is 5.81. The van der Waals surface area contributed by atoms with Crippen molar-refractivity contribution in [3.63, 3.8) is 0 Å². The minimum Gasteiger partial charge on any atom is -0.468 e. The summed E-state index contributed by atoms with van der Waals surface area (Å²) in [6.45, 7) is 8.29. The van der Waals surface area contributed by atoms with Crippen molar-refractivity contribution in [1.82, 2.24) is 0 Å². The second-order valence-corrected chi connectivity index (χ2v) is 5.83. The summed E-state index contributed by atoms with van der Waals surface area (Å²) in [5.41, 5.74) is 0.526. The molecule has 17 heavy (non-hydrogen) atoms. The van der Waals surface area contributed by atoms with Crippen LogP contribution in [0.5, 0.6) is 0 Å². The number of nitrogens with zero attached hydrogens (tertiary/aromatic N) is 2. The molecule has 2 heterocycles. The molecule has 0 radical (unpaired) electrons. The number of hydrogen-bond donors (Lipinski definition) is 0. The smallest absolute Gasteiger partial charge is 0.468 e. The van der Waals surface area contributed by atoms with Crippen molar-refractivity contribution in [3.05, 3.63) is 27.8 Å². The normalized spacial score (nSPS) is 20.2. The molecule has 0 spiro atoms. The average molecular weight is 232 g/mol. The Morgan fingerprint density at radius 1 is 1.18 bits per heavy atom. The van der Waals surface area contributed by atoms with Gasteiger partial charge in [0.2, 0.25) is 0 Å². The van der Waals surface area contributed by atoms with E-state index in [1.54, 1.807) is 11.3 Å². The molecule has 2 nitrogen and oxygen atoms in total. The SMILES string of the molecule is CC1(C)C(=[N-])N=C(c2cc[c-]s2)C1(C)C.[Li+].[Li+]. The molecule has 1 aromatic heterocycles. The average Bonchev–Trinajstić information content (AvgIpc) is 2.69. The maximum atomic E-state index is 9.89. The molecule has 0 aromatic carbocycles. The Kier molecular flexibility index (Phi) is 5.55. The monoisotopic (exact) mass is 232 g/mol. The second kappa shape index (κ2) is 5.47. The Bertz CT molecular complexity index is 433. The van der Waals surface area contributed by atoms with Gasteiger partial charge in [0, 0.05) is 0 Å². The molecule has 0 atom stereocenters. The molecule has 0 saturated heterocycles. The van der Waals surface area contributed by atoms with E-state index in [4.69, 9.17) is 0 Å². The summed E-state index contributed by atoms with van der Waals surface area (Å²) in [5, 5.41) is 12.9. The topological polar surface area (TPSA) is 34.7 Å². The van der Waals surface area contributed by atoms with E-state index < -0.39 is 0 Å². The van der Waals surface area contributed by atoms with Crippen molar-refractivity contribution < 1.29 is 37.7 Å². The van der Waals surface area contributed by atoms with Gasteiger partial charge in [-0.1, -0.05) is 33.5 Å². The molecule has 0 fully saturated rings. The Morgan fingerprint density at radius 3 is 2.12 bits per heavy atom. The van der Waals surface area contributed by atoms with Gasteiger partial charge in [0.25, 0.3) is 0 Å². The fourth-order valence-corrected chi connectivity index (χ4v) is 2.49. The van der Waals surface area contributed by atoms with Crippen LogP contribution in [0, 0.1) is 16.2 Å². The van der Waals surface area contributed by atoms with E-state index in [0.717, 1.165) is 10.6 Å². The van der Waals surface area contributed by atoms with Crippen LogP contribution >= 0.6 is 11.3 Å². The molecular weight excluding hydrogens is 218 g/mol. The molecule has 1 aromatic rings. The van der Waals surface area contributed by atoms with Crippen LogP contribution in [-0.2, 0) is 0 Å². The van der Waals surface area contributed by atoms with Crippen LogP contribution in [-0.4, -0.2) is 11.5 Å². The standard InChI is InChI=1S/C12H14N2S.2Li/c1-11(2)9(8-6-5-7-15-8)14-10(13)12(11,3)4;;/h5-6H,1-4H3;;/q-2;2*+1. The van der Waals surface area contributed by atoms with Gasteiger partial charge < -0.3 is 10.4 Å². The zero-order valence-electron chi connectivity index (χ0n) is 11.5. The summed E-state index contributed by atoms with van der Waals surface area (Å²) < 4.78 is 0. The molecule has 0 unspecified atom stereocenters. The molecule has 0 aliphatic carbocycles. The Hall–Kier alpha value is 0.235. The minimum absolute atomic E-state index is 0. The number of amidine groups is 1. The van der Waals surface area contributed by atoms with Crippen molar-refractivity contribution in [1.29, 1.82) is 0 Å². The van der Waals surface area contributed by atoms with E-state index in [-0.39, 0.29) is 54.4 Å². The van der Waals surface area contributed by atoms with Gasteiger partial charge in [0.15, 0.2) is 0 Å². The van der Waals surface area contributed by atoms with Gasteiger partial charge >= 0.3 is 37.7 Å². The zero-order valence-corrected chi connectivity index (χ0v) is 12.3. The maximum absolute atomic E-state index is 9.89. The van der Waals surface area contributed by atoms with Crippen LogP contribution in [0.4, 0.5) is 0 Å². The van der Waals surface area contributed by atoms with Gasteiger partial charge in [-0.05, 0) is 10.8 Å². The summed E-state index contributed by atoms with van der Waals surface area (Å²) in [6.07, 6.45) is 0. The molecule has 0 N–H and O–H groups in total. The molecule has 0 amide bonds. The van der Waals surface area contributed by atoms with Gasteiger partial charge in [0.1, 0.15) is 0 Å². The van der Waals surface area contributed by atoms with Gasteiger partial charge in [0.05, 0.1) is 0 Å². The fraction of sp³-hybridized carbons (Fsp3) is 0.500. The number of thiophene rings is 1. The molecule has 5 heteroatoms. The van der Waals surface area contributed by atoms with Gasteiger partial charge in [-0.15, -0.1) is 16.0 Å². The first-order chi connectivity index (χ1) is 6.87. The fourth-order valence-electron chi connectivity index (χ4n) is 1.69. The molecular formula is C12H14Li2N2S. The van der Waals surface area contributed by atoms with Gasteiger partial charge in [-0.3, -0.25) is 11.3 Å². The molecule has 0 bridgehead atoms. The van der Waals surface area contributed by atoms with Crippen LogP contribution in [0.1, 0.15) is 32.6 Å². The summed E-state index contributed by atoms with van der Waals surface area (Å²) in [6, 6.07) is 3.89. The quantitative estimate of drug-likeness (QED) is 0.375. The maximum Gasteiger partial charge on any atom is 1.00 e. The third-order valence-corrected chi connectivity index (χ3v) is 4.44. The predicted molar refractivity (Wildman–Crippen MR) is 65.6 cm³/mol. The largest absolute Gasteiger partial charge is 1.00 e. The summed E-state index contributed by atoms with van der Waals surface area (Å²) >= 11 is 1.55. The number of hydrogen-bond acceptors (Lipinski definition) is 1. The van der Waals surface area contributed by atoms with E-state index in [1.165, 1.54) is 0 Å². The molecule has 2 rings (SSSR count). The van der Waals surface area contributed by atoms with E-state index in [1.807, 2.05) is 26.0 Å². The van der Waals surface area contributed by atoms with Crippen LogP contribution < -0.4 is 37.7 Å². The third kappa shape index (κ3) is 2.51. The molecule has 1 aliphatic heterocycles. The summed E-state index contributed by atoms with van der Waals surface area (Å²) in [7, 11) is 0. The third-order valence-electron chi connectivity index (χ3n) is 3.64. The van der Waals surface area contributed by atoms with Crippen molar-refractivity contribution in [3.8, 4) is 0 Å². The van der Waals surface area contributed by atoms with Gasteiger partial charge in [-0.2, -0.15) is 12.1 Å². The van der Waals surface area contributed by atoms with E-state index in [9.17, 15) is 5.41 Å². The zero-order chi connectivity index (χ0) is 11.3. The second-order valence-electron chi connectivity index (χ2n) is 4.95. The minimum atomic E-state index is -0.299. The number of aliphatic imine (C=N–C) groups is 1. The van der Waals surface area contributed by atoms with E-state index >= 15 is 0 Å². The van der Waals surface area contributed by atoms with E-state index in [2.05, 4.69) is 24.2 Å². The predicted octanol–water partition coefficient (Wildman–Crippen LogP) is -2.62. The van der Waals surface area contributed by atoms with Crippen molar-refractivity contribution >= 4 is 22.9 Å². The first kappa shape index (κ1) is 17.2. The summed E-state index contributed by atoms with van der Waals surface area (Å²) in [5.74, 6) is 0.232. The first-order valence-electron chi connectivity index (χ1n) is 4.99. The molecule has 0 saturated carbocycles. The summed E-state index contributed by atoms with van der Waals surface area (Å²) in [4.78, 5) is 5.41. The molecule has 1 aliphatic rings. The Labute approximate surface area is 131 Å². The van der Waals surface area contributed by atoms with Crippen LogP contribution in [0.25, 0.3) is 5.41 Å². The Morgan fingerprint density at radius 2 is 1.76 bits per heavy atom. The van der Waals surface area contributed by atoms with E-state index in [0.29, 0.717) is 0 Å².